The van der Waals surface area contributed by atoms with Crippen LogP contribution in [0.3, 0.4) is 0 Å². The Labute approximate surface area is 191 Å². The summed E-state index contributed by atoms with van der Waals surface area (Å²) in [4.78, 5) is 32.7. The van der Waals surface area contributed by atoms with E-state index in [2.05, 4.69) is 48.8 Å². The van der Waals surface area contributed by atoms with Crippen molar-refractivity contribution in [2.24, 2.45) is 0 Å². The maximum absolute atomic E-state index is 13.4. The average Bonchev–Trinajstić information content (AvgIpc) is 3.02. The molecule has 168 valence electrons. The monoisotopic (exact) mass is 431 g/mol. The lowest BCUT2D eigenvalue weighted by molar-refractivity contribution is -0.139. The topological polar surface area (TPSA) is 43.9 Å². The van der Waals surface area contributed by atoms with Gasteiger partial charge in [-0.2, -0.15) is 0 Å². The van der Waals surface area contributed by atoms with Crippen molar-refractivity contribution in [3.8, 4) is 0 Å². The van der Waals surface area contributed by atoms with Gasteiger partial charge in [0.15, 0.2) is 0 Å². The van der Waals surface area contributed by atoms with E-state index in [4.69, 9.17) is 0 Å². The van der Waals surface area contributed by atoms with Gasteiger partial charge in [0.25, 0.3) is 11.8 Å². The number of amides is 2. The molecule has 0 saturated carbocycles. The molecule has 2 heterocycles. The Kier molecular flexibility index (Phi) is 5.85. The van der Waals surface area contributed by atoms with Gasteiger partial charge in [-0.3, -0.25) is 14.5 Å². The molecule has 0 N–H and O–H groups in total. The summed E-state index contributed by atoms with van der Waals surface area (Å²) in [6.07, 6.45) is 0. The minimum absolute atomic E-state index is 0.168. The predicted octanol–water partition coefficient (Wildman–Crippen LogP) is 4.23. The molecule has 2 aliphatic heterocycles. The lowest BCUT2D eigenvalue weighted by atomic mass is 9.99. The van der Waals surface area contributed by atoms with Crippen LogP contribution in [0.1, 0.15) is 41.7 Å². The molecular formula is C27H33N3O2. The third-order valence-corrected chi connectivity index (χ3v) is 6.92. The van der Waals surface area contributed by atoms with Gasteiger partial charge in [-0.1, -0.05) is 30.3 Å². The Bertz CT molecular complexity index is 1110. The fourth-order valence-corrected chi connectivity index (χ4v) is 4.70. The first-order chi connectivity index (χ1) is 15.2. The van der Waals surface area contributed by atoms with E-state index in [1.807, 2.05) is 39.0 Å². The van der Waals surface area contributed by atoms with E-state index >= 15 is 0 Å². The van der Waals surface area contributed by atoms with Crippen LogP contribution < -0.4 is 4.90 Å². The molecule has 5 heteroatoms. The Balaban J connectivity index is 1.68. The van der Waals surface area contributed by atoms with Gasteiger partial charge >= 0.3 is 0 Å². The fraction of sp³-hybridized carbons (Fsp3) is 0.407. The summed E-state index contributed by atoms with van der Waals surface area (Å²) in [5.74, 6) is -0.348. The minimum atomic E-state index is -0.180. The van der Waals surface area contributed by atoms with Crippen molar-refractivity contribution in [1.82, 2.24) is 9.80 Å². The van der Waals surface area contributed by atoms with E-state index in [9.17, 15) is 9.59 Å². The number of anilines is 1. The summed E-state index contributed by atoms with van der Waals surface area (Å²) >= 11 is 0. The standard InChI is InChI=1S/C27H33N3O2/c1-17(2)30-26(31)24(22-11-10-18(3)20(5)16-22)25(27(30)32)29-14-12-28(13-15-29)23-9-7-8-19(4)21(23)6/h7-11,16-17H,12-15H2,1-6H3. The molecule has 0 spiro atoms. The normalized spacial score (nSPS) is 17.3. The van der Waals surface area contributed by atoms with Crippen LogP contribution in [0.25, 0.3) is 5.57 Å². The zero-order valence-corrected chi connectivity index (χ0v) is 20.0. The SMILES string of the molecule is Cc1ccc(C2=C(N3CCN(c4cccc(C)c4C)CC3)C(=O)N(C(C)C)C2=O)cc1C. The zero-order chi connectivity index (χ0) is 23.2. The Morgan fingerprint density at radius 1 is 0.750 bits per heavy atom. The summed E-state index contributed by atoms with van der Waals surface area (Å²) in [5, 5.41) is 0. The van der Waals surface area contributed by atoms with Crippen LogP contribution in [-0.4, -0.2) is 53.8 Å². The summed E-state index contributed by atoms with van der Waals surface area (Å²) < 4.78 is 0. The van der Waals surface area contributed by atoms with Crippen LogP contribution >= 0.6 is 0 Å². The van der Waals surface area contributed by atoms with E-state index in [1.165, 1.54) is 27.3 Å². The minimum Gasteiger partial charge on any atom is -0.368 e. The third kappa shape index (κ3) is 3.70. The third-order valence-electron chi connectivity index (χ3n) is 6.92. The molecule has 0 aromatic heterocycles. The molecule has 0 aliphatic carbocycles. The largest absolute Gasteiger partial charge is 0.368 e. The van der Waals surface area contributed by atoms with Crippen molar-refractivity contribution in [2.45, 2.75) is 47.6 Å². The molecule has 4 rings (SSSR count). The number of carbonyl (C=O) groups is 2. The van der Waals surface area contributed by atoms with Gasteiger partial charge in [0, 0.05) is 37.9 Å². The second kappa shape index (κ2) is 8.45. The highest BCUT2D eigenvalue weighted by atomic mass is 16.2. The van der Waals surface area contributed by atoms with E-state index < -0.39 is 0 Å². The molecule has 2 aromatic rings. The number of piperazine rings is 1. The van der Waals surface area contributed by atoms with Gasteiger partial charge in [0.05, 0.1) is 5.57 Å². The number of hydrogen-bond donors (Lipinski definition) is 0. The smallest absolute Gasteiger partial charge is 0.278 e. The van der Waals surface area contributed by atoms with Gasteiger partial charge in [-0.15, -0.1) is 0 Å². The second-order valence-electron chi connectivity index (χ2n) is 9.29. The van der Waals surface area contributed by atoms with Gasteiger partial charge in [0.1, 0.15) is 5.70 Å². The first kappa shape index (κ1) is 22.1. The number of nitrogens with zero attached hydrogens (tertiary/aromatic N) is 3. The molecule has 2 aliphatic rings. The van der Waals surface area contributed by atoms with Crippen LogP contribution in [-0.2, 0) is 9.59 Å². The zero-order valence-electron chi connectivity index (χ0n) is 20.0. The molecule has 0 bridgehead atoms. The van der Waals surface area contributed by atoms with Crippen molar-refractivity contribution in [1.29, 1.82) is 0 Å². The molecule has 0 unspecified atom stereocenters. The van der Waals surface area contributed by atoms with E-state index in [-0.39, 0.29) is 17.9 Å². The lowest BCUT2D eigenvalue weighted by Gasteiger charge is -2.38. The summed E-state index contributed by atoms with van der Waals surface area (Å²) in [5.41, 5.74) is 8.09. The molecule has 2 amide bonds. The summed E-state index contributed by atoms with van der Waals surface area (Å²) in [6, 6.07) is 12.3. The Morgan fingerprint density at radius 2 is 1.41 bits per heavy atom. The molecule has 0 atom stereocenters. The molecular weight excluding hydrogens is 398 g/mol. The highest BCUT2D eigenvalue weighted by Crippen LogP contribution is 2.34. The van der Waals surface area contributed by atoms with Crippen molar-refractivity contribution >= 4 is 23.1 Å². The number of carbonyl (C=O) groups excluding carboxylic acids is 2. The van der Waals surface area contributed by atoms with Crippen molar-refractivity contribution in [2.75, 3.05) is 31.1 Å². The summed E-state index contributed by atoms with van der Waals surface area (Å²) in [6.45, 7) is 15.3. The van der Waals surface area contributed by atoms with Crippen LogP contribution in [0.5, 0.6) is 0 Å². The highest BCUT2D eigenvalue weighted by Gasteiger charge is 2.43. The van der Waals surface area contributed by atoms with E-state index in [0.717, 1.165) is 24.2 Å². The number of imide groups is 1. The first-order valence-electron chi connectivity index (χ1n) is 11.5. The van der Waals surface area contributed by atoms with E-state index in [1.54, 1.807) is 0 Å². The summed E-state index contributed by atoms with van der Waals surface area (Å²) in [7, 11) is 0. The van der Waals surface area contributed by atoms with Gasteiger partial charge in [0.2, 0.25) is 0 Å². The van der Waals surface area contributed by atoms with Crippen LogP contribution in [0.2, 0.25) is 0 Å². The number of rotatable bonds is 4. The maximum atomic E-state index is 13.4. The first-order valence-corrected chi connectivity index (χ1v) is 11.5. The van der Waals surface area contributed by atoms with Gasteiger partial charge < -0.3 is 9.80 Å². The Hall–Kier alpha value is -3.08. The maximum Gasteiger partial charge on any atom is 0.278 e. The molecule has 5 nitrogen and oxygen atoms in total. The van der Waals surface area contributed by atoms with E-state index in [0.29, 0.717) is 24.4 Å². The number of hydrogen-bond acceptors (Lipinski definition) is 4. The Morgan fingerprint density at radius 3 is 2.03 bits per heavy atom. The molecule has 32 heavy (non-hydrogen) atoms. The number of aryl methyl sites for hydroxylation is 3. The predicted molar refractivity (Wildman–Crippen MR) is 130 cm³/mol. The van der Waals surface area contributed by atoms with Crippen LogP contribution in [0.15, 0.2) is 42.1 Å². The average molecular weight is 432 g/mol. The molecule has 0 radical (unpaired) electrons. The van der Waals surface area contributed by atoms with Gasteiger partial charge in [-0.25, -0.2) is 0 Å². The van der Waals surface area contributed by atoms with Crippen LogP contribution in [0.4, 0.5) is 5.69 Å². The van der Waals surface area contributed by atoms with Crippen molar-refractivity contribution < 1.29 is 9.59 Å². The highest BCUT2D eigenvalue weighted by molar-refractivity contribution is 6.35. The number of benzene rings is 2. The van der Waals surface area contributed by atoms with Crippen LogP contribution in [0, 0.1) is 27.7 Å². The molecule has 2 aromatic carbocycles. The van der Waals surface area contributed by atoms with Crippen molar-refractivity contribution in [3.63, 3.8) is 0 Å². The second-order valence-corrected chi connectivity index (χ2v) is 9.29. The molecule has 1 saturated heterocycles. The van der Waals surface area contributed by atoms with Gasteiger partial charge in [-0.05, 0) is 75.4 Å². The fourth-order valence-electron chi connectivity index (χ4n) is 4.70. The van der Waals surface area contributed by atoms with Crippen molar-refractivity contribution in [3.05, 3.63) is 69.9 Å². The lowest BCUT2D eigenvalue weighted by Crippen LogP contribution is -2.48. The molecule has 1 fully saturated rings. The quantitative estimate of drug-likeness (QED) is 0.680.